The number of para-hydroxylation sites is 1. The second-order valence-corrected chi connectivity index (χ2v) is 7.44. The predicted molar refractivity (Wildman–Crippen MR) is 108 cm³/mol. The van der Waals surface area contributed by atoms with E-state index in [-0.39, 0.29) is 5.91 Å². The molecule has 6 nitrogen and oxygen atoms in total. The van der Waals surface area contributed by atoms with Gasteiger partial charge in [-0.1, -0.05) is 23.5 Å². The molecule has 0 aliphatic heterocycles. The SMILES string of the molecule is COc1ccc(-c2nc(C(=O)Nc3nc4ccccc4s3)cs2)cc1OC. The number of benzene rings is 2. The second kappa shape index (κ2) is 7.34. The summed E-state index contributed by atoms with van der Waals surface area (Å²) in [6.07, 6.45) is 0. The molecule has 0 spiro atoms. The lowest BCUT2D eigenvalue weighted by Crippen LogP contribution is -2.11. The van der Waals surface area contributed by atoms with Crippen molar-refractivity contribution in [3.8, 4) is 22.1 Å². The number of methoxy groups -OCH3 is 2. The van der Waals surface area contributed by atoms with Crippen LogP contribution in [0.1, 0.15) is 10.5 Å². The summed E-state index contributed by atoms with van der Waals surface area (Å²) in [5, 5.41) is 5.84. The molecule has 1 amide bonds. The Kier molecular flexibility index (Phi) is 4.74. The largest absolute Gasteiger partial charge is 0.493 e. The maximum Gasteiger partial charge on any atom is 0.276 e. The molecule has 2 aromatic heterocycles. The van der Waals surface area contributed by atoms with Crippen molar-refractivity contribution in [2.75, 3.05) is 19.5 Å². The van der Waals surface area contributed by atoms with E-state index < -0.39 is 0 Å². The van der Waals surface area contributed by atoms with Crippen LogP contribution in [0.15, 0.2) is 47.8 Å². The van der Waals surface area contributed by atoms with Crippen molar-refractivity contribution < 1.29 is 14.3 Å². The third kappa shape index (κ3) is 3.49. The van der Waals surface area contributed by atoms with Gasteiger partial charge in [0.2, 0.25) is 0 Å². The number of hydrogen-bond acceptors (Lipinski definition) is 7. The van der Waals surface area contributed by atoms with Gasteiger partial charge in [-0.05, 0) is 30.3 Å². The van der Waals surface area contributed by atoms with Crippen molar-refractivity contribution in [2.24, 2.45) is 0 Å². The zero-order valence-electron chi connectivity index (χ0n) is 14.6. The number of ether oxygens (including phenoxy) is 2. The first kappa shape index (κ1) is 17.4. The first-order valence-corrected chi connectivity index (χ1v) is 9.72. The lowest BCUT2D eigenvalue weighted by atomic mass is 10.2. The van der Waals surface area contributed by atoms with Crippen LogP contribution in [0.3, 0.4) is 0 Å². The summed E-state index contributed by atoms with van der Waals surface area (Å²) in [5.74, 6) is 0.981. The topological polar surface area (TPSA) is 73.3 Å². The van der Waals surface area contributed by atoms with Gasteiger partial charge in [0.05, 0.1) is 24.4 Å². The Balaban J connectivity index is 1.55. The average molecular weight is 397 g/mol. The number of rotatable bonds is 5. The highest BCUT2D eigenvalue weighted by atomic mass is 32.1. The lowest BCUT2D eigenvalue weighted by molar-refractivity contribution is 0.102. The first-order chi connectivity index (χ1) is 13.2. The van der Waals surface area contributed by atoms with E-state index in [1.807, 2.05) is 42.5 Å². The Morgan fingerprint density at radius 1 is 1.04 bits per heavy atom. The monoisotopic (exact) mass is 397 g/mol. The molecule has 4 rings (SSSR count). The van der Waals surface area contributed by atoms with Gasteiger partial charge in [0.25, 0.3) is 5.91 Å². The normalized spacial score (nSPS) is 10.7. The Morgan fingerprint density at radius 2 is 1.85 bits per heavy atom. The van der Waals surface area contributed by atoms with Crippen molar-refractivity contribution >= 4 is 43.9 Å². The van der Waals surface area contributed by atoms with E-state index in [9.17, 15) is 4.79 Å². The van der Waals surface area contributed by atoms with Gasteiger partial charge >= 0.3 is 0 Å². The number of thiazole rings is 2. The van der Waals surface area contributed by atoms with Crippen molar-refractivity contribution in [2.45, 2.75) is 0 Å². The Hall–Kier alpha value is -2.97. The molecule has 0 aliphatic rings. The van der Waals surface area contributed by atoms with E-state index in [1.165, 1.54) is 22.7 Å². The molecular formula is C19H15N3O3S2. The van der Waals surface area contributed by atoms with Crippen LogP contribution in [0.5, 0.6) is 11.5 Å². The highest BCUT2D eigenvalue weighted by Crippen LogP contribution is 2.33. The number of hydrogen-bond donors (Lipinski definition) is 1. The van der Waals surface area contributed by atoms with Crippen molar-refractivity contribution in [3.63, 3.8) is 0 Å². The molecule has 0 saturated carbocycles. The third-order valence-corrected chi connectivity index (χ3v) is 5.72. The van der Waals surface area contributed by atoms with Crippen LogP contribution in [0.4, 0.5) is 5.13 Å². The van der Waals surface area contributed by atoms with Crippen molar-refractivity contribution in [3.05, 3.63) is 53.5 Å². The number of aromatic nitrogens is 2. The van der Waals surface area contributed by atoms with E-state index in [4.69, 9.17) is 9.47 Å². The molecule has 0 atom stereocenters. The van der Waals surface area contributed by atoms with E-state index in [2.05, 4.69) is 15.3 Å². The van der Waals surface area contributed by atoms with E-state index in [0.717, 1.165) is 20.8 Å². The fourth-order valence-electron chi connectivity index (χ4n) is 2.57. The Bertz CT molecular complexity index is 1090. The molecule has 0 aliphatic carbocycles. The van der Waals surface area contributed by atoms with Gasteiger partial charge in [0, 0.05) is 10.9 Å². The molecule has 1 N–H and O–H groups in total. The number of nitrogens with one attached hydrogen (secondary N) is 1. The van der Waals surface area contributed by atoms with Crippen LogP contribution in [0.2, 0.25) is 0 Å². The maximum absolute atomic E-state index is 12.5. The summed E-state index contributed by atoms with van der Waals surface area (Å²) in [6, 6.07) is 13.3. The Labute approximate surface area is 163 Å². The zero-order chi connectivity index (χ0) is 18.8. The van der Waals surface area contributed by atoms with Crippen LogP contribution < -0.4 is 14.8 Å². The van der Waals surface area contributed by atoms with Crippen LogP contribution in [0, 0.1) is 0 Å². The molecule has 0 fully saturated rings. The number of anilines is 1. The molecule has 0 bridgehead atoms. The molecular weight excluding hydrogens is 382 g/mol. The minimum Gasteiger partial charge on any atom is -0.493 e. The molecule has 8 heteroatoms. The minimum absolute atomic E-state index is 0.281. The summed E-state index contributed by atoms with van der Waals surface area (Å²) in [5.41, 5.74) is 2.07. The highest BCUT2D eigenvalue weighted by molar-refractivity contribution is 7.22. The van der Waals surface area contributed by atoms with Crippen LogP contribution in [-0.2, 0) is 0 Å². The summed E-state index contributed by atoms with van der Waals surface area (Å²) in [7, 11) is 3.17. The first-order valence-electron chi connectivity index (χ1n) is 8.03. The van der Waals surface area contributed by atoms with Gasteiger partial charge < -0.3 is 9.47 Å². The zero-order valence-corrected chi connectivity index (χ0v) is 16.2. The van der Waals surface area contributed by atoms with Gasteiger partial charge in [-0.2, -0.15) is 0 Å². The summed E-state index contributed by atoms with van der Waals surface area (Å²) < 4.78 is 11.6. The quantitative estimate of drug-likeness (QED) is 0.529. The number of fused-ring (bicyclic) bond motifs is 1. The van der Waals surface area contributed by atoms with Crippen molar-refractivity contribution in [1.29, 1.82) is 0 Å². The Morgan fingerprint density at radius 3 is 2.63 bits per heavy atom. The minimum atomic E-state index is -0.281. The van der Waals surface area contributed by atoms with Crippen LogP contribution in [-0.4, -0.2) is 30.1 Å². The number of amides is 1. The van der Waals surface area contributed by atoms with E-state index >= 15 is 0 Å². The number of nitrogens with zero attached hydrogens (tertiary/aromatic N) is 2. The molecule has 136 valence electrons. The van der Waals surface area contributed by atoms with Gasteiger partial charge in [-0.3, -0.25) is 10.1 Å². The summed E-state index contributed by atoms with van der Waals surface area (Å²) >= 11 is 2.83. The van der Waals surface area contributed by atoms with Gasteiger partial charge in [-0.25, -0.2) is 9.97 Å². The fourth-order valence-corrected chi connectivity index (χ4v) is 4.22. The van der Waals surface area contributed by atoms with Gasteiger partial charge in [0.1, 0.15) is 10.7 Å². The van der Waals surface area contributed by atoms with Gasteiger partial charge in [0.15, 0.2) is 16.6 Å². The van der Waals surface area contributed by atoms with E-state index in [1.54, 1.807) is 19.6 Å². The third-order valence-electron chi connectivity index (χ3n) is 3.88. The molecule has 4 aromatic rings. The highest BCUT2D eigenvalue weighted by Gasteiger charge is 2.15. The smallest absolute Gasteiger partial charge is 0.276 e. The van der Waals surface area contributed by atoms with Crippen LogP contribution in [0.25, 0.3) is 20.8 Å². The predicted octanol–water partition coefficient (Wildman–Crippen LogP) is 4.69. The second-order valence-electron chi connectivity index (χ2n) is 5.55. The number of carbonyl (C=O) groups is 1. The fraction of sp³-hybridized carbons (Fsp3) is 0.105. The summed E-state index contributed by atoms with van der Waals surface area (Å²) in [6.45, 7) is 0. The lowest BCUT2D eigenvalue weighted by Gasteiger charge is -2.08. The number of carbonyl (C=O) groups excluding carboxylic acids is 1. The van der Waals surface area contributed by atoms with Crippen molar-refractivity contribution in [1.82, 2.24) is 9.97 Å². The molecule has 0 saturated heterocycles. The van der Waals surface area contributed by atoms with E-state index in [0.29, 0.717) is 22.3 Å². The molecule has 27 heavy (non-hydrogen) atoms. The maximum atomic E-state index is 12.5. The van der Waals surface area contributed by atoms with Crippen LogP contribution >= 0.6 is 22.7 Å². The molecule has 0 unspecified atom stereocenters. The van der Waals surface area contributed by atoms with Gasteiger partial charge in [-0.15, -0.1) is 11.3 Å². The standard InChI is InChI=1S/C19H15N3O3S2/c1-24-14-8-7-11(9-15(14)25-2)18-20-13(10-26-18)17(23)22-19-21-12-5-3-4-6-16(12)27-19/h3-10H,1-2H3,(H,21,22,23). The molecule has 2 aromatic carbocycles. The molecule has 0 radical (unpaired) electrons. The summed E-state index contributed by atoms with van der Waals surface area (Å²) in [4.78, 5) is 21.4. The average Bonchev–Trinajstić information content (AvgIpc) is 3.34. The molecule has 2 heterocycles.